The van der Waals surface area contributed by atoms with E-state index in [-0.39, 0.29) is 17.6 Å². The van der Waals surface area contributed by atoms with Crippen LogP contribution >= 0.6 is 11.6 Å². The van der Waals surface area contributed by atoms with Crippen molar-refractivity contribution in [3.63, 3.8) is 0 Å². The van der Waals surface area contributed by atoms with E-state index in [2.05, 4.69) is 15.5 Å². The van der Waals surface area contributed by atoms with Crippen molar-refractivity contribution in [3.8, 4) is 11.4 Å². The third-order valence-corrected chi connectivity index (χ3v) is 3.71. The lowest BCUT2D eigenvalue weighted by atomic mass is 10.2. The Hall–Kier alpha value is -2.73. The van der Waals surface area contributed by atoms with E-state index in [1.807, 2.05) is 0 Å². The minimum atomic E-state index is -0.504. The highest BCUT2D eigenvalue weighted by atomic mass is 35.5. The Labute approximate surface area is 142 Å². The van der Waals surface area contributed by atoms with Gasteiger partial charge in [-0.1, -0.05) is 28.9 Å². The quantitative estimate of drug-likeness (QED) is 0.775. The number of amides is 1. The van der Waals surface area contributed by atoms with Gasteiger partial charge in [-0.05, 0) is 43.3 Å². The molecule has 1 atom stereocenters. The van der Waals surface area contributed by atoms with Gasteiger partial charge in [-0.3, -0.25) is 4.79 Å². The van der Waals surface area contributed by atoms with Gasteiger partial charge in [0.05, 0.1) is 10.6 Å². The van der Waals surface area contributed by atoms with Gasteiger partial charge in [0.25, 0.3) is 5.91 Å². The summed E-state index contributed by atoms with van der Waals surface area (Å²) in [5.74, 6) is -0.115. The standard InChI is InChI=1S/C17H13ClFN3O2/c1-10(20-16(23)13-4-2-3-5-14(13)18)17-21-15(22-24-17)11-6-8-12(19)9-7-11/h2-10H,1H3,(H,20,23)/t10-/m0/s1. The molecule has 1 N–H and O–H groups in total. The van der Waals surface area contributed by atoms with E-state index in [9.17, 15) is 9.18 Å². The fraction of sp³-hybridized carbons (Fsp3) is 0.118. The van der Waals surface area contributed by atoms with Crippen molar-refractivity contribution in [3.05, 3.63) is 70.8 Å². The zero-order chi connectivity index (χ0) is 17.1. The Kier molecular flexibility index (Phi) is 4.57. The number of nitrogens with one attached hydrogen (secondary N) is 1. The number of carbonyl (C=O) groups excluding carboxylic acids is 1. The minimum absolute atomic E-state index is 0.245. The fourth-order valence-electron chi connectivity index (χ4n) is 2.11. The molecule has 122 valence electrons. The van der Waals surface area contributed by atoms with Crippen LogP contribution in [0.1, 0.15) is 29.2 Å². The Morgan fingerprint density at radius 2 is 1.92 bits per heavy atom. The van der Waals surface area contributed by atoms with Crippen LogP contribution < -0.4 is 5.32 Å². The van der Waals surface area contributed by atoms with Crippen LogP contribution in [0, 0.1) is 5.82 Å². The average molecular weight is 346 g/mol. The molecule has 0 aliphatic rings. The topological polar surface area (TPSA) is 68.0 Å². The van der Waals surface area contributed by atoms with E-state index in [0.717, 1.165) is 0 Å². The lowest BCUT2D eigenvalue weighted by molar-refractivity contribution is 0.0932. The van der Waals surface area contributed by atoms with Crippen molar-refractivity contribution in [2.45, 2.75) is 13.0 Å². The second-order valence-corrected chi connectivity index (χ2v) is 5.55. The van der Waals surface area contributed by atoms with Crippen molar-refractivity contribution >= 4 is 17.5 Å². The van der Waals surface area contributed by atoms with Crippen LogP contribution in [0.15, 0.2) is 53.1 Å². The summed E-state index contributed by atoms with van der Waals surface area (Å²) in [5.41, 5.74) is 0.986. The first-order valence-corrected chi connectivity index (χ1v) is 7.57. The molecule has 5 nitrogen and oxygen atoms in total. The first-order chi connectivity index (χ1) is 11.5. The van der Waals surface area contributed by atoms with E-state index >= 15 is 0 Å². The van der Waals surface area contributed by atoms with Gasteiger partial charge >= 0.3 is 0 Å². The number of carbonyl (C=O) groups is 1. The van der Waals surface area contributed by atoms with Crippen molar-refractivity contribution in [2.75, 3.05) is 0 Å². The molecule has 7 heteroatoms. The van der Waals surface area contributed by atoms with Crippen LogP contribution in [-0.2, 0) is 0 Å². The molecule has 1 amide bonds. The Morgan fingerprint density at radius 1 is 1.21 bits per heavy atom. The summed E-state index contributed by atoms with van der Waals surface area (Å²) < 4.78 is 18.1. The fourth-order valence-corrected chi connectivity index (χ4v) is 2.33. The molecule has 2 aromatic carbocycles. The molecular formula is C17H13ClFN3O2. The summed E-state index contributed by atoms with van der Waals surface area (Å²) >= 11 is 6.00. The molecule has 0 saturated heterocycles. The van der Waals surface area contributed by atoms with E-state index in [4.69, 9.17) is 16.1 Å². The summed E-state index contributed by atoms with van der Waals surface area (Å²) in [6.07, 6.45) is 0. The molecular weight excluding hydrogens is 333 g/mol. The van der Waals surface area contributed by atoms with E-state index < -0.39 is 6.04 Å². The number of benzene rings is 2. The van der Waals surface area contributed by atoms with Gasteiger partial charge < -0.3 is 9.84 Å². The van der Waals surface area contributed by atoms with Crippen LogP contribution in [0.25, 0.3) is 11.4 Å². The van der Waals surface area contributed by atoms with Gasteiger partial charge in [-0.15, -0.1) is 0 Å². The molecule has 1 heterocycles. The van der Waals surface area contributed by atoms with Crippen molar-refractivity contribution in [1.29, 1.82) is 0 Å². The second kappa shape index (κ2) is 6.80. The number of halogens is 2. The van der Waals surface area contributed by atoms with Crippen LogP contribution in [0.2, 0.25) is 5.02 Å². The zero-order valence-corrected chi connectivity index (χ0v) is 13.4. The zero-order valence-electron chi connectivity index (χ0n) is 12.7. The Balaban J connectivity index is 1.74. The number of rotatable bonds is 4. The predicted molar refractivity (Wildman–Crippen MR) is 87.0 cm³/mol. The molecule has 0 aliphatic carbocycles. The maximum atomic E-state index is 13.0. The molecule has 0 radical (unpaired) electrons. The molecule has 3 aromatic rings. The third-order valence-electron chi connectivity index (χ3n) is 3.38. The first-order valence-electron chi connectivity index (χ1n) is 7.19. The van der Waals surface area contributed by atoms with Crippen molar-refractivity contribution in [1.82, 2.24) is 15.5 Å². The molecule has 3 rings (SSSR count). The SMILES string of the molecule is C[C@H](NC(=O)c1ccccc1Cl)c1nc(-c2ccc(F)cc2)no1. The lowest BCUT2D eigenvalue weighted by Crippen LogP contribution is -2.27. The van der Waals surface area contributed by atoms with Crippen molar-refractivity contribution in [2.24, 2.45) is 0 Å². The Bertz CT molecular complexity index is 864. The van der Waals surface area contributed by atoms with Crippen molar-refractivity contribution < 1.29 is 13.7 Å². The molecule has 0 spiro atoms. The van der Waals surface area contributed by atoms with Crippen LogP contribution in [0.3, 0.4) is 0 Å². The molecule has 24 heavy (non-hydrogen) atoms. The normalized spacial score (nSPS) is 12.0. The van der Waals surface area contributed by atoms with E-state index in [0.29, 0.717) is 22.0 Å². The van der Waals surface area contributed by atoms with Gasteiger partial charge in [0.1, 0.15) is 11.9 Å². The van der Waals surface area contributed by atoms with Gasteiger partial charge in [0.15, 0.2) is 0 Å². The monoisotopic (exact) mass is 345 g/mol. The molecule has 0 bridgehead atoms. The van der Waals surface area contributed by atoms with Gasteiger partial charge in [-0.25, -0.2) is 4.39 Å². The summed E-state index contributed by atoms with van der Waals surface area (Å²) in [6, 6.07) is 12.0. The number of aromatic nitrogens is 2. The van der Waals surface area contributed by atoms with Gasteiger partial charge in [0.2, 0.25) is 11.7 Å². The highest BCUT2D eigenvalue weighted by molar-refractivity contribution is 6.33. The summed E-state index contributed by atoms with van der Waals surface area (Å²) in [7, 11) is 0. The predicted octanol–water partition coefficient (Wildman–Crippen LogP) is 4.02. The number of hydrogen-bond donors (Lipinski definition) is 1. The first kappa shape index (κ1) is 16.1. The number of nitrogens with zero attached hydrogens (tertiary/aromatic N) is 2. The lowest BCUT2D eigenvalue weighted by Gasteiger charge is -2.10. The second-order valence-electron chi connectivity index (χ2n) is 5.14. The smallest absolute Gasteiger partial charge is 0.253 e. The van der Waals surface area contributed by atoms with Crippen LogP contribution in [0.5, 0.6) is 0 Å². The van der Waals surface area contributed by atoms with Crippen LogP contribution in [-0.4, -0.2) is 16.0 Å². The molecule has 0 fully saturated rings. The minimum Gasteiger partial charge on any atom is -0.340 e. The highest BCUT2D eigenvalue weighted by Crippen LogP contribution is 2.20. The average Bonchev–Trinajstić information content (AvgIpc) is 3.06. The summed E-state index contributed by atoms with van der Waals surface area (Å²) in [6.45, 7) is 1.72. The highest BCUT2D eigenvalue weighted by Gasteiger charge is 2.19. The maximum absolute atomic E-state index is 13.0. The third kappa shape index (κ3) is 3.44. The molecule has 0 saturated carbocycles. The summed E-state index contributed by atoms with van der Waals surface area (Å²) in [4.78, 5) is 16.5. The Morgan fingerprint density at radius 3 is 2.62 bits per heavy atom. The summed E-state index contributed by atoms with van der Waals surface area (Å²) in [5, 5.41) is 6.96. The largest absolute Gasteiger partial charge is 0.340 e. The van der Waals surface area contributed by atoms with E-state index in [1.54, 1.807) is 43.3 Å². The van der Waals surface area contributed by atoms with Gasteiger partial charge in [-0.2, -0.15) is 4.98 Å². The number of hydrogen-bond acceptors (Lipinski definition) is 4. The molecule has 0 aliphatic heterocycles. The molecule has 1 aromatic heterocycles. The maximum Gasteiger partial charge on any atom is 0.253 e. The molecule has 0 unspecified atom stereocenters. The van der Waals surface area contributed by atoms with Gasteiger partial charge in [0, 0.05) is 5.56 Å². The van der Waals surface area contributed by atoms with E-state index in [1.165, 1.54) is 12.1 Å². The van der Waals surface area contributed by atoms with Crippen LogP contribution in [0.4, 0.5) is 4.39 Å².